The molecular formula is C14H13ClN2O3S. The minimum atomic E-state index is -3.72. The first-order valence-corrected chi connectivity index (χ1v) is 8.42. The molecule has 0 fully saturated rings. The summed E-state index contributed by atoms with van der Waals surface area (Å²) in [7, 11) is 1.51. The second-order valence-corrected chi connectivity index (χ2v) is 7.00. The molecule has 0 unspecified atom stereocenters. The number of amides is 1. The molecule has 0 atom stereocenters. The van der Waals surface area contributed by atoms with Crippen LogP contribution in [0.3, 0.4) is 0 Å². The lowest BCUT2D eigenvalue weighted by Crippen LogP contribution is -2.24. The highest BCUT2D eigenvalue weighted by molar-refractivity contribution is 8.13. The Bertz CT molecular complexity index is 758. The van der Waals surface area contributed by atoms with Gasteiger partial charge in [0.05, 0.1) is 4.90 Å². The maximum atomic E-state index is 12.0. The molecule has 1 N–H and O–H groups in total. The van der Waals surface area contributed by atoms with Gasteiger partial charge in [0.2, 0.25) is 0 Å². The van der Waals surface area contributed by atoms with E-state index in [2.05, 4.69) is 10.3 Å². The second-order valence-electron chi connectivity index (χ2n) is 4.43. The molecule has 0 aliphatic heterocycles. The predicted molar refractivity (Wildman–Crippen MR) is 79.6 cm³/mol. The van der Waals surface area contributed by atoms with Crippen molar-refractivity contribution in [3.05, 3.63) is 59.4 Å². The average molecular weight is 325 g/mol. The molecule has 0 radical (unpaired) electrons. The largest absolute Gasteiger partial charge is 0.347 e. The van der Waals surface area contributed by atoms with E-state index >= 15 is 0 Å². The van der Waals surface area contributed by atoms with Gasteiger partial charge in [-0.25, -0.2) is 8.42 Å². The number of hydrogen-bond donors (Lipinski definition) is 1. The Morgan fingerprint density at radius 1 is 1.24 bits per heavy atom. The van der Waals surface area contributed by atoms with Crippen molar-refractivity contribution < 1.29 is 13.2 Å². The Balaban J connectivity index is 2.04. The van der Waals surface area contributed by atoms with Crippen LogP contribution in [0.1, 0.15) is 21.6 Å². The van der Waals surface area contributed by atoms with E-state index in [1.54, 1.807) is 24.4 Å². The van der Waals surface area contributed by atoms with E-state index in [-0.39, 0.29) is 17.3 Å². The Hall–Kier alpha value is -1.92. The molecule has 2 rings (SSSR count). The van der Waals surface area contributed by atoms with E-state index < -0.39 is 9.05 Å². The standard InChI is InChI=1S/C14H13ClN2O3S/c1-10-3-2-8-16-13(10)14(18)17-9-11-4-6-12(7-5-11)21(15,19)20/h2-8H,9H2,1H3,(H,17,18). The van der Waals surface area contributed by atoms with Crippen molar-refractivity contribution in [2.24, 2.45) is 0 Å². The number of halogens is 1. The fourth-order valence-corrected chi connectivity index (χ4v) is 2.53. The van der Waals surface area contributed by atoms with E-state index in [1.807, 2.05) is 13.0 Å². The van der Waals surface area contributed by atoms with Crippen LogP contribution in [0.25, 0.3) is 0 Å². The van der Waals surface area contributed by atoms with Crippen molar-refractivity contribution in [2.75, 3.05) is 0 Å². The molecular weight excluding hydrogens is 312 g/mol. The van der Waals surface area contributed by atoms with Gasteiger partial charge in [0.1, 0.15) is 5.69 Å². The number of hydrogen-bond acceptors (Lipinski definition) is 4. The zero-order chi connectivity index (χ0) is 15.5. The molecule has 2 aromatic rings. The molecule has 1 aromatic heterocycles. The number of carbonyl (C=O) groups is 1. The number of carbonyl (C=O) groups excluding carboxylic acids is 1. The quantitative estimate of drug-likeness (QED) is 0.875. The van der Waals surface area contributed by atoms with E-state index in [1.165, 1.54) is 12.1 Å². The SMILES string of the molecule is Cc1cccnc1C(=O)NCc1ccc(S(=O)(=O)Cl)cc1. The van der Waals surface area contributed by atoms with E-state index in [4.69, 9.17) is 10.7 Å². The van der Waals surface area contributed by atoms with Crippen LogP contribution in [0.2, 0.25) is 0 Å². The molecule has 1 heterocycles. The molecule has 0 aliphatic carbocycles. The van der Waals surface area contributed by atoms with Crippen LogP contribution in [0, 0.1) is 6.92 Å². The van der Waals surface area contributed by atoms with Gasteiger partial charge in [0.25, 0.3) is 15.0 Å². The monoisotopic (exact) mass is 324 g/mol. The molecule has 21 heavy (non-hydrogen) atoms. The zero-order valence-electron chi connectivity index (χ0n) is 11.2. The number of aromatic nitrogens is 1. The minimum Gasteiger partial charge on any atom is -0.347 e. The summed E-state index contributed by atoms with van der Waals surface area (Å²) in [4.78, 5) is 16.0. The van der Waals surface area contributed by atoms with Gasteiger partial charge < -0.3 is 5.32 Å². The third-order valence-corrected chi connectivity index (χ3v) is 4.25. The highest BCUT2D eigenvalue weighted by Gasteiger charge is 2.11. The first kappa shape index (κ1) is 15.5. The van der Waals surface area contributed by atoms with E-state index in [0.29, 0.717) is 5.69 Å². The van der Waals surface area contributed by atoms with E-state index in [0.717, 1.165) is 11.1 Å². The van der Waals surface area contributed by atoms with Crippen molar-refractivity contribution in [1.29, 1.82) is 0 Å². The van der Waals surface area contributed by atoms with Gasteiger partial charge in [-0.1, -0.05) is 18.2 Å². The van der Waals surface area contributed by atoms with Gasteiger partial charge in [-0.3, -0.25) is 9.78 Å². The molecule has 7 heteroatoms. The van der Waals surface area contributed by atoms with Crippen LogP contribution in [-0.2, 0) is 15.6 Å². The summed E-state index contributed by atoms with van der Waals surface area (Å²) >= 11 is 0. The number of pyridine rings is 1. The summed E-state index contributed by atoms with van der Waals surface area (Å²) < 4.78 is 22.2. The summed E-state index contributed by atoms with van der Waals surface area (Å²) in [5.41, 5.74) is 1.93. The third-order valence-electron chi connectivity index (χ3n) is 2.88. The first-order chi connectivity index (χ1) is 9.88. The zero-order valence-corrected chi connectivity index (χ0v) is 12.8. The van der Waals surface area contributed by atoms with Crippen molar-refractivity contribution in [2.45, 2.75) is 18.4 Å². The van der Waals surface area contributed by atoms with Gasteiger partial charge in [-0.15, -0.1) is 0 Å². The molecule has 0 saturated heterocycles. The van der Waals surface area contributed by atoms with Gasteiger partial charge in [-0.05, 0) is 36.2 Å². The lowest BCUT2D eigenvalue weighted by molar-refractivity contribution is 0.0945. The van der Waals surface area contributed by atoms with Crippen LogP contribution in [0.4, 0.5) is 0 Å². The van der Waals surface area contributed by atoms with E-state index in [9.17, 15) is 13.2 Å². The Kier molecular flexibility index (Phi) is 4.59. The second kappa shape index (κ2) is 6.24. The van der Waals surface area contributed by atoms with Crippen LogP contribution >= 0.6 is 10.7 Å². The minimum absolute atomic E-state index is 0.0276. The van der Waals surface area contributed by atoms with Gasteiger partial charge in [-0.2, -0.15) is 0 Å². The summed E-state index contributed by atoms with van der Waals surface area (Å²) in [6.07, 6.45) is 1.56. The summed E-state index contributed by atoms with van der Waals surface area (Å²) in [5, 5.41) is 2.73. The highest BCUT2D eigenvalue weighted by atomic mass is 35.7. The maximum Gasteiger partial charge on any atom is 0.270 e. The summed E-state index contributed by atoms with van der Waals surface area (Å²) in [6.45, 7) is 2.08. The van der Waals surface area contributed by atoms with Crippen molar-refractivity contribution >= 4 is 25.6 Å². The van der Waals surface area contributed by atoms with Crippen LogP contribution in [0.5, 0.6) is 0 Å². The molecule has 0 aliphatic rings. The Labute approximate surface area is 127 Å². The fraction of sp³-hybridized carbons (Fsp3) is 0.143. The van der Waals surface area contributed by atoms with Crippen molar-refractivity contribution in [3.63, 3.8) is 0 Å². The van der Waals surface area contributed by atoms with Crippen LogP contribution in [0.15, 0.2) is 47.5 Å². The van der Waals surface area contributed by atoms with Crippen LogP contribution < -0.4 is 5.32 Å². The average Bonchev–Trinajstić information content (AvgIpc) is 2.45. The number of nitrogens with one attached hydrogen (secondary N) is 1. The number of nitrogens with zero attached hydrogens (tertiary/aromatic N) is 1. The molecule has 5 nitrogen and oxygen atoms in total. The van der Waals surface area contributed by atoms with Crippen molar-refractivity contribution in [1.82, 2.24) is 10.3 Å². The molecule has 1 amide bonds. The summed E-state index contributed by atoms with van der Waals surface area (Å²) in [5.74, 6) is -0.276. The smallest absolute Gasteiger partial charge is 0.270 e. The lowest BCUT2D eigenvalue weighted by Gasteiger charge is -2.07. The molecule has 110 valence electrons. The highest BCUT2D eigenvalue weighted by Crippen LogP contribution is 2.15. The third kappa shape index (κ3) is 4.03. The topological polar surface area (TPSA) is 76.1 Å². The molecule has 0 spiro atoms. The van der Waals surface area contributed by atoms with Crippen LogP contribution in [-0.4, -0.2) is 19.3 Å². The number of aryl methyl sites for hydroxylation is 1. The number of benzene rings is 1. The molecule has 1 aromatic carbocycles. The Morgan fingerprint density at radius 2 is 1.90 bits per heavy atom. The number of rotatable bonds is 4. The maximum absolute atomic E-state index is 12.0. The Morgan fingerprint density at radius 3 is 2.48 bits per heavy atom. The van der Waals surface area contributed by atoms with Gasteiger partial charge >= 0.3 is 0 Å². The summed E-state index contributed by atoms with van der Waals surface area (Å²) in [6, 6.07) is 9.56. The van der Waals surface area contributed by atoms with Gasteiger partial charge in [0.15, 0.2) is 0 Å². The van der Waals surface area contributed by atoms with Crippen molar-refractivity contribution in [3.8, 4) is 0 Å². The van der Waals surface area contributed by atoms with Gasteiger partial charge in [0, 0.05) is 23.4 Å². The normalized spacial score (nSPS) is 11.1. The first-order valence-electron chi connectivity index (χ1n) is 6.11. The fourth-order valence-electron chi connectivity index (χ4n) is 1.76. The molecule has 0 saturated carbocycles. The lowest BCUT2D eigenvalue weighted by atomic mass is 10.2. The predicted octanol–water partition coefficient (Wildman–Crippen LogP) is 2.25. The molecule has 0 bridgehead atoms.